The molecule has 0 unspecified atom stereocenters. The summed E-state index contributed by atoms with van der Waals surface area (Å²) in [4.78, 5) is 44.8. The van der Waals surface area contributed by atoms with Gasteiger partial charge in [-0.05, 0) is 117 Å². The maximum Gasteiger partial charge on any atom is 0.260 e. The molecule has 9 rings (SSSR count). The Hall–Kier alpha value is -6.11. The SMILES string of the molecule is CC=NOCCCSSC(C)(C)CN(CCOCCOCCOC)c1cc(COc2cc3c(cc2C)C(=O)N2c4ccccc4C[C@H]2CN3C)cc(COc2cc3c(cc2OC)C(=O)N2c4ccccc4C[C@H]2CN3C)c1. The number of nitrogens with zero attached hydrogens (tertiary/aromatic N) is 6. The molecule has 410 valence electrons. The van der Waals surface area contributed by atoms with Crippen molar-refractivity contribution in [2.24, 2.45) is 5.16 Å². The quantitative estimate of drug-likeness (QED) is 0.0226. The summed E-state index contributed by atoms with van der Waals surface area (Å²) < 4.78 is 36.4. The van der Waals surface area contributed by atoms with Crippen molar-refractivity contribution in [2.75, 3.05) is 124 Å². The normalized spacial score (nSPS) is 16.6. The fourth-order valence-electron chi connectivity index (χ4n) is 10.8. The van der Waals surface area contributed by atoms with Crippen LogP contribution in [-0.4, -0.2) is 135 Å². The zero-order chi connectivity index (χ0) is 54.1. The van der Waals surface area contributed by atoms with Gasteiger partial charge in [-0.25, -0.2) is 0 Å². The maximum atomic E-state index is 14.4. The number of hydrogen-bond donors (Lipinski definition) is 0. The molecule has 15 nitrogen and oxygen atoms in total. The van der Waals surface area contributed by atoms with Crippen molar-refractivity contribution < 1.29 is 42.8 Å². The Labute approximate surface area is 462 Å². The molecular weight excluding hydrogens is 1010 g/mol. The highest BCUT2D eigenvalue weighted by atomic mass is 33.1. The van der Waals surface area contributed by atoms with Gasteiger partial charge in [-0.2, -0.15) is 0 Å². The molecule has 0 aliphatic carbocycles. The molecule has 0 saturated carbocycles. The molecule has 2 atom stereocenters. The van der Waals surface area contributed by atoms with E-state index in [0.717, 1.165) is 70.1 Å². The largest absolute Gasteiger partial charge is 0.493 e. The minimum Gasteiger partial charge on any atom is -0.493 e. The van der Waals surface area contributed by atoms with Gasteiger partial charge in [0.25, 0.3) is 11.8 Å². The third-order valence-electron chi connectivity index (χ3n) is 14.4. The Bertz CT molecular complexity index is 2900. The van der Waals surface area contributed by atoms with Gasteiger partial charge in [-0.3, -0.25) is 9.59 Å². The van der Waals surface area contributed by atoms with Crippen LogP contribution in [-0.2, 0) is 45.1 Å². The molecule has 0 saturated heterocycles. The lowest BCUT2D eigenvalue weighted by Gasteiger charge is -2.34. The van der Waals surface area contributed by atoms with Gasteiger partial charge in [0.2, 0.25) is 0 Å². The topological polar surface area (TPSA) is 127 Å². The molecule has 5 aromatic carbocycles. The Morgan fingerprint density at radius 3 is 1.87 bits per heavy atom. The van der Waals surface area contributed by atoms with Gasteiger partial charge in [-0.15, -0.1) is 0 Å². The Morgan fingerprint density at radius 2 is 1.26 bits per heavy atom. The van der Waals surface area contributed by atoms with Crippen LogP contribution in [0.25, 0.3) is 0 Å². The smallest absolute Gasteiger partial charge is 0.260 e. The maximum absolute atomic E-state index is 14.4. The van der Waals surface area contributed by atoms with E-state index in [9.17, 15) is 9.59 Å². The van der Waals surface area contributed by atoms with Crippen LogP contribution in [0.1, 0.15) is 75.7 Å². The third-order valence-corrected chi connectivity index (χ3v) is 17.8. The molecule has 0 spiro atoms. The van der Waals surface area contributed by atoms with Crippen LogP contribution in [0.5, 0.6) is 17.2 Å². The van der Waals surface area contributed by atoms with Gasteiger partial charge < -0.3 is 57.8 Å². The van der Waals surface area contributed by atoms with E-state index in [1.165, 1.54) is 11.1 Å². The van der Waals surface area contributed by atoms with E-state index in [4.69, 9.17) is 33.3 Å². The molecule has 77 heavy (non-hydrogen) atoms. The number of oxime groups is 1. The van der Waals surface area contributed by atoms with Gasteiger partial charge in [-0.1, -0.05) is 63.1 Å². The van der Waals surface area contributed by atoms with Crippen molar-refractivity contribution in [3.8, 4) is 17.2 Å². The number of fused-ring (bicyclic) bond motifs is 8. The van der Waals surface area contributed by atoms with Crippen molar-refractivity contribution in [3.05, 3.63) is 130 Å². The second-order valence-corrected chi connectivity index (χ2v) is 23.8. The van der Waals surface area contributed by atoms with E-state index in [2.05, 4.69) is 77.1 Å². The second-order valence-electron chi connectivity index (χ2n) is 20.7. The minimum atomic E-state index is -0.172. The Balaban J connectivity index is 1.00. The first-order valence-corrected chi connectivity index (χ1v) is 29.0. The Morgan fingerprint density at radius 1 is 0.688 bits per heavy atom. The van der Waals surface area contributed by atoms with Crippen LogP contribution in [0.15, 0.2) is 96.2 Å². The molecule has 5 aromatic rings. The highest BCUT2D eigenvalue weighted by Crippen LogP contribution is 2.44. The van der Waals surface area contributed by atoms with Gasteiger partial charge in [0.15, 0.2) is 11.5 Å². The number of anilines is 5. The number of likely N-dealkylation sites (N-methyl/N-ethyl adjacent to an activating group) is 2. The number of benzene rings is 5. The molecule has 0 bridgehead atoms. The monoisotopic (exact) mass is 1090 g/mol. The van der Waals surface area contributed by atoms with Crippen LogP contribution >= 0.6 is 21.6 Å². The molecule has 0 fully saturated rings. The highest BCUT2D eigenvalue weighted by molar-refractivity contribution is 8.77. The fourth-order valence-corrected chi connectivity index (χ4v) is 13.4. The molecule has 17 heteroatoms. The average molecular weight is 1090 g/mol. The lowest BCUT2D eigenvalue weighted by Crippen LogP contribution is -2.41. The van der Waals surface area contributed by atoms with Crippen LogP contribution in [0.3, 0.4) is 0 Å². The van der Waals surface area contributed by atoms with E-state index in [1.54, 1.807) is 20.4 Å². The first-order chi connectivity index (χ1) is 37.4. The Kier molecular flexibility index (Phi) is 18.5. The number of ether oxygens (including phenoxy) is 6. The van der Waals surface area contributed by atoms with E-state index in [1.807, 2.05) is 107 Å². The zero-order valence-electron chi connectivity index (χ0n) is 45.9. The average Bonchev–Trinajstić information content (AvgIpc) is 3.94. The van der Waals surface area contributed by atoms with Gasteiger partial charge in [0.1, 0.15) is 25.6 Å². The number of hydrogen-bond acceptors (Lipinski definition) is 15. The molecule has 4 aliphatic heterocycles. The summed E-state index contributed by atoms with van der Waals surface area (Å²) in [6.07, 6.45) is 4.16. The van der Waals surface area contributed by atoms with Crippen molar-refractivity contribution in [2.45, 2.75) is 77.0 Å². The number of aryl methyl sites for hydroxylation is 1. The molecule has 0 N–H and O–H groups in total. The van der Waals surface area contributed by atoms with Gasteiger partial charge >= 0.3 is 0 Å². The number of amides is 2. The summed E-state index contributed by atoms with van der Waals surface area (Å²) in [5.74, 6) is 2.63. The molecule has 2 amide bonds. The first kappa shape index (κ1) is 55.6. The molecule has 4 heterocycles. The van der Waals surface area contributed by atoms with Gasteiger partial charge in [0, 0.05) is 93.3 Å². The number of carbonyl (C=O) groups is 2. The lowest BCUT2D eigenvalue weighted by molar-refractivity contribution is 0.0264. The molecular formula is C60H74N6O9S2. The van der Waals surface area contributed by atoms with Crippen molar-refractivity contribution in [3.63, 3.8) is 0 Å². The zero-order valence-corrected chi connectivity index (χ0v) is 47.5. The number of para-hydroxylation sites is 2. The summed E-state index contributed by atoms with van der Waals surface area (Å²) in [6.45, 7) is 14.6. The van der Waals surface area contributed by atoms with Gasteiger partial charge in [0.05, 0.1) is 74.7 Å². The summed E-state index contributed by atoms with van der Waals surface area (Å²) in [5.41, 5.74) is 11.0. The van der Waals surface area contributed by atoms with Crippen LogP contribution in [0, 0.1) is 6.92 Å². The van der Waals surface area contributed by atoms with Crippen molar-refractivity contribution in [1.29, 1.82) is 0 Å². The predicted octanol–water partition coefficient (Wildman–Crippen LogP) is 10.3. The second kappa shape index (κ2) is 25.6. The minimum absolute atomic E-state index is 0.00909. The lowest BCUT2D eigenvalue weighted by atomic mass is 10.1. The summed E-state index contributed by atoms with van der Waals surface area (Å²) >= 11 is 0. The standard InChI is InChI=1S/C60H74N6O9S2/c1-9-61-75-20-14-26-76-77-60(3,4)40-64(19-21-71-24-25-72-23-22-69-7)46-29-42(38-73-55-34-53-49(27-41(55)2)58(67)65-47(36-62(53)5)31-44-15-10-12-17-51(44)65)28-43(30-46)39-74-57-35-54-50(33-56(57)70-8)59(68)66-48(37-63(54)6)32-45-16-11-13-18-52(45)66/h9-13,15-18,27-30,33-35,47-48H,14,19-26,31-32,36-40H2,1-8H3/t47-,48-/m0/s1. The summed E-state index contributed by atoms with van der Waals surface area (Å²) in [6, 6.07) is 30.8. The van der Waals surface area contributed by atoms with Crippen LogP contribution in [0.2, 0.25) is 0 Å². The fraction of sp³-hybridized carbons (Fsp3) is 0.450. The molecule has 0 radical (unpaired) electrons. The number of methoxy groups -OCH3 is 2. The molecule has 0 aromatic heterocycles. The van der Waals surface area contributed by atoms with Crippen molar-refractivity contribution >= 4 is 68.1 Å². The highest BCUT2D eigenvalue weighted by Gasteiger charge is 2.41. The summed E-state index contributed by atoms with van der Waals surface area (Å²) in [5, 5.41) is 3.90. The first-order valence-electron chi connectivity index (χ1n) is 26.7. The van der Waals surface area contributed by atoms with Crippen LogP contribution < -0.4 is 38.7 Å². The number of carbonyl (C=O) groups excluding carboxylic acids is 2. The summed E-state index contributed by atoms with van der Waals surface area (Å²) in [7, 11) is 11.1. The third kappa shape index (κ3) is 13.1. The van der Waals surface area contributed by atoms with Crippen molar-refractivity contribution in [1.82, 2.24) is 0 Å². The molecule has 4 aliphatic rings. The predicted molar refractivity (Wildman–Crippen MR) is 312 cm³/mol. The van der Waals surface area contributed by atoms with E-state index >= 15 is 0 Å². The number of rotatable bonds is 26. The van der Waals surface area contributed by atoms with Crippen LogP contribution in [0.4, 0.5) is 28.4 Å². The van der Waals surface area contributed by atoms with E-state index in [0.29, 0.717) is 94.2 Å². The van der Waals surface area contributed by atoms with E-state index < -0.39 is 0 Å². The van der Waals surface area contributed by atoms with E-state index in [-0.39, 0.29) is 41.9 Å².